The molecule has 0 aliphatic carbocycles. The molecule has 0 N–H and O–H groups in total. The lowest BCUT2D eigenvalue weighted by Gasteiger charge is -2.11. The molecule has 2 nitrogen and oxygen atoms in total. The lowest BCUT2D eigenvalue weighted by Crippen LogP contribution is -1.94. The third kappa shape index (κ3) is 2.73. The van der Waals surface area contributed by atoms with Crippen molar-refractivity contribution < 1.29 is 0 Å². The highest BCUT2D eigenvalue weighted by Crippen LogP contribution is 2.28. The van der Waals surface area contributed by atoms with Crippen LogP contribution in [0.1, 0.15) is 0 Å². The first kappa shape index (κ1) is 16.9. The van der Waals surface area contributed by atoms with Crippen LogP contribution in [0.5, 0.6) is 0 Å². The molecule has 0 saturated heterocycles. The minimum Gasteiger partial charge on any atom is -0.317 e. The molecule has 6 rings (SSSR count). The Morgan fingerprint density at radius 3 is 1.37 bits per heavy atom. The van der Waals surface area contributed by atoms with Crippen molar-refractivity contribution in [2.24, 2.45) is 0 Å². The number of hydrogen-bond donors (Lipinski definition) is 0. The van der Waals surface area contributed by atoms with Crippen molar-refractivity contribution >= 4 is 21.8 Å². The summed E-state index contributed by atoms with van der Waals surface area (Å²) >= 11 is 0. The van der Waals surface area contributed by atoms with Gasteiger partial charge in [-0.25, -0.2) is 0 Å². The second kappa shape index (κ2) is 6.78. The van der Waals surface area contributed by atoms with Crippen LogP contribution in [0.15, 0.2) is 122 Å². The minimum absolute atomic E-state index is 1.17. The Morgan fingerprint density at radius 1 is 0.400 bits per heavy atom. The van der Waals surface area contributed by atoms with Crippen LogP contribution < -0.4 is 0 Å². The molecule has 142 valence electrons. The summed E-state index contributed by atoms with van der Waals surface area (Å²) in [7, 11) is 0. The van der Waals surface area contributed by atoms with E-state index in [1.54, 1.807) is 0 Å². The monoisotopic (exact) mass is 384 g/mol. The molecule has 0 unspecified atom stereocenters. The molecular weight excluding hydrogens is 364 g/mol. The summed E-state index contributed by atoms with van der Waals surface area (Å²) in [4.78, 5) is 0. The molecule has 6 aromatic rings. The van der Waals surface area contributed by atoms with Gasteiger partial charge in [0.25, 0.3) is 0 Å². The smallest absolute Gasteiger partial charge is 0.0528 e. The van der Waals surface area contributed by atoms with E-state index in [1.165, 1.54) is 44.3 Å². The summed E-state index contributed by atoms with van der Waals surface area (Å²) in [5.74, 6) is 0. The van der Waals surface area contributed by atoms with Gasteiger partial charge in [0.05, 0.1) is 11.0 Å². The Morgan fingerprint density at radius 2 is 0.867 bits per heavy atom. The van der Waals surface area contributed by atoms with Crippen LogP contribution in [0.4, 0.5) is 0 Å². The van der Waals surface area contributed by atoms with Crippen molar-refractivity contribution in [3.8, 4) is 22.5 Å². The molecule has 2 heteroatoms. The molecule has 0 spiro atoms. The van der Waals surface area contributed by atoms with Gasteiger partial charge in [0.15, 0.2) is 0 Å². The molecule has 4 aromatic carbocycles. The van der Waals surface area contributed by atoms with Gasteiger partial charge in [-0.05, 0) is 70.4 Å². The zero-order valence-corrected chi connectivity index (χ0v) is 16.4. The minimum atomic E-state index is 1.17. The fourth-order valence-corrected chi connectivity index (χ4v) is 4.29. The van der Waals surface area contributed by atoms with Crippen molar-refractivity contribution in [3.63, 3.8) is 0 Å². The van der Waals surface area contributed by atoms with E-state index in [0.29, 0.717) is 0 Å². The van der Waals surface area contributed by atoms with Crippen molar-refractivity contribution in [3.05, 3.63) is 122 Å². The normalized spacial score (nSPS) is 11.3. The number of benzene rings is 4. The Bertz CT molecular complexity index is 1380. The Balaban J connectivity index is 1.45. The maximum atomic E-state index is 2.26. The van der Waals surface area contributed by atoms with E-state index in [4.69, 9.17) is 0 Å². The average Bonchev–Trinajstić information content (AvgIpc) is 3.44. The van der Waals surface area contributed by atoms with E-state index in [9.17, 15) is 0 Å². The second-order valence-corrected chi connectivity index (χ2v) is 7.59. The molecule has 0 atom stereocenters. The van der Waals surface area contributed by atoms with Crippen molar-refractivity contribution in [2.75, 3.05) is 0 Å². The summed E-state index contributed by atoms with van der Waals surface area (Å²) in [6.45, 7) is 0. The molecule has 0 fully saturated rings. The lowest BCUT2D eigenvalue weighted by atomic mass is 10.0. The molecular formula is C28H20N2. The number of aromatic nitrogens is 2. The predicted molar refractivity (Wildman–Crippen MR) is 126 cm³/mol. The standard InChI is InChI=1S/C28H20N2/c1-3-13-27-21(7-1)15-17-29(27)25-11-5-9-23(19-25)24-10-6-12-26(20-24)30-18-16-22-8-2-4-14-28(22)30/h1-20H. The van der Waals surface area contributed by atoms with Gasteiger partial charge < -0.3 is 9.13 Å². The number of fused-ring (bicyclic) bond motifs is 2. The van der Waals surface area contributed by atoms with E-state index >= 15 is 0 Å². The highest BCUT2D eigenvalue weighted by atomic mass is 15.0. The SMILES string of the molecule is c1cc(-c2cccc(-n3ccc4ccccc43)c2)cc(-n2ccc3ccccc32)c1. The first-order valence-electron chi connectivity index (χ1n) is 10.2. The van der Waals surface area contributed by atoms with Gasteiger partial charge in [0.1, 0.15) is 0 Å². The quantitative estimate of drug-likeness (QED) is 0.304. The number of nitrogens with zero attached hydrogens (tertiary/aromatic N) is 2. The maximum Gasteiger partial charge on any atom is 0.0528 e. The van der Waals surface area contributed by atoms with Crippen molar-refractivity contribution in [1.29, 1.82) is 0 Å². The van der Waals surface area contributed by atoms with Crippen LogP contribution in [0.3, 0.4) is 0 Å². The summed E-state index contributed by atoms with van der Waals surface area (Å²) in [6.07, 6.45) is 4.29. The molecule has 2 heterocycles. The van der Waals surface area contributed by atoms with Crippen LogP contribution >= 0.6 is 0 Å². The molecule has 2 aromatic heterocycles. The Hall–Kier alpha value is -4.04. The zero-order valence-electron chi connectivity index (χ0n) is 16.4. The first-order chi connectivity index (χ1) is 14.9. The number of rotatable bonds is 3. The van der Waals surface area contributed by atoms with E-state index < -0.39 is 0 Å². The Kier molecular flexibility index (Phi) is 3.82. The van der Waals surface area contributed by atoms with Crippen LogP contribution in [-0.2, 0) is 0 Å². The summed E-state index contributed by atoms with van der Waals surface area (Å²) in [5.41, 5.74) is 7.22. The van der Waals surface area contributed by atoms with Crippen LogP contribution in [0, 0.1) is 0 Å². The lowest BCUT2D eigenvalue weighted by molar-refractivity contribution is 1.12. The third-order valence-electron chi connectivity index (χ3n) is 5.78. The second-order valence-electron chi connectivity index (χ2n) is 7.59. The van der Waals surface area contributed by atoms with E-state index in [1.807, 2.05) is 0 Å². The van der Waals surface area contributed by atoms with Gasteiger partial charge in [0, 0.05) is 23.8 Å². The molecule has 0 aliphatic rings. The van der Waals surface area contributed by atoms with Gasteiger partial charge in [-0.3, -0.25) is 0 Å². The summed E-state index contributed by atoms with van der Waals surface area (Å²) in [6, 6.07) is 38.8. The molecule has 0 radical (unpaired) electrons. The first-order valence-corrected chi connectivity index (χ1v) is 10.2. The predicted octanol–water partition coefficient (Wildman–Crippen LogP) is 7.24. The Labute approximate surface area is 175 Å². The van der Waals surface area contributed by atoms with E-state index in [2.05, 4.69) is 131 Å². The molecule has 30 heavy (non-hydrogen) atoms. The van der Waals surface area contributed by atoms with Gasteiger partial charge >= 0.3 is 0 Å². The van der Waals surface area contributed by atoms with E-state index in [0.717, 1.165) is 0 Å². The maximum absolute atomic E-state index is 2.26. The van der Waals surface area contributed by atoms with Crippen molar-refractivity contribution in [1.82, 2.24) is 9.13 Å². The third-order valence-corrected chi connectivity index (χ3v) is 5.78. The van der Waals surface area contributed by atoms with Crippen LogP contribution in [-0.4, -0.2) is 9.13 Å². The molecule has 0 aliphatic heterocycles. The zero-order chi connectivity index (χ0) is 19.9. The van der Waals surface area contributed by atoms with E-state index in [-0.39, 0.29) is 0 Å². The highest BCUT2D eigenvalue weighted by molar-refractivity contribution is 5.83. The van der Waals surface area contributed by atoms with Gasteiger partial charge in [0.2, 0.25) is 0 Å². The van der Waals surface area contributed by atoms with Gasteiger partial charge in [-0.2, -0.15) is 0 Å². The number of hydrogen-bond acceptors (Lipinski definition) is 0. The van der Waals surface area contributed by atoms with Crippen LogP contribution in [0.25, 0.3) is 44.3 Å². The molecule has 0 saturated carbocycles. The molecule has 0 bridgehead atoms. The van der Waals surface area contributed by atoms with Gasteiger partial charge in [-0.1, -0.05) is 60.7 Å². The summed E-state index contributed by atoms with van der Waals surface area (Å²) in [5, 5.41) is 2.51. The fourth-order valence-electron chi connectivity index (χ4n) is 4.29. The van der Waals surface area contributed by atoms with Crippen LogP contribution in [0.2, 0.25) is 0 Å². The van der Waals surface area contributed by atoms with Gasteiger partial charge in [-0.15, -0.1) is 0 Å². The largest absolute Gasteiger partial charge is 0.317 e. The average molecular weight is 384 g/mol. The fraction of sp³-hybridized carbons (Fsp3) is 0. The topological polar surface area (TPSA) is 9.86 Å². The highest BCUT2D eigenvalue weighted by Gasteiger charge is 2.07. The van der Waals surface area contributed by atoms with Crippen molar-refractivity contribution in [2.45, 2.75) is 0 Å². The molecule has 0 amide bonds. The summed E-state index contributed by atoms with van der Waals surface area (Å²) < 4.78 is 4.50. The number of para-hydroxylation sites is 2.